The largest absolute Gasteiger partial charge is 0.399 e. The molecule has 0 atom stereocenters. The molecule has 0 aliphatic heterocycles. The summed E-state index contributed by atoms with van der Waals surface area (Å²) in [6.45, 7) is 0. The van der Waals surface area contributed by atoms with Gasteiger partial charge in [0.05, 0.1) is 0 Å². The number of nitrogens with one attached hydrogen (secondary N) is 1. The Labute approximate surface area is 201 Å². The van der Waals surface area contributed by atoms with Crippen LogP contribution in [-0.4, -0.2) is 0 Å². The molecular weight excluding hydrogens is 420 g/mol. The fourth-order valence-corrected chi connectivity index (χ4v) is 5.06. The number of allylic oxidation sites excluding steroid dienone is 7. The fourth-order valence-electron chi connectivity index (χ4n) is 4.58. The standard InChI is InChI=1S/C30H28N2S/c31-24-16-19-26(21-8-3-1-4-9-21)29(20-24)32-25-17-14-23(15-18-25)28-13-7-12-27(30(28)33)22-10-5-2-6-11-22/h1-5,8-10,13-20,32-33H,6-7,11-12,31H2. The summed E-state index contributed by atoms with van der Waals surface area (Å²) in [7, 11) is 0. The Morgan fingerprint density at radius 3 is 2.39 bits per heavy atom. The number of anilines is 3. The van der Waals surface area contributed by atoms with Crippen LogP contribution in [0.5, 0.6) is 0 Å². The maximum Gasteiger partial charge on any atom is 0.0484 e. The summed E-state index contributed by atoms with van der Waals surface area (Å²) in [5.74, 6) is 0. The molecule has 0 amide bonds. The SMILES string of the molecule is Nc1ccc(-c2ccccc2)c(Nc2ccc(C3=CCCC(C4=CC=CCC4)=C3S)cc2)c1. The third-order valence-corrected chi connectivity index (χ3v) is 6.80. The van der Waals surface area contributed by atoms with Crippen LogP contribution in [0.1, 0.15) is 31.2 Å². The van der Waals surface area contributed by atoms with E-state index in [2.05, 4.69) is 84.2 Å². The van der Waals surface area contributed by atoms with Gasteiger partial charge in [0.2, 0.25) is 0 Å². The molecule has 33 heavy (non-hydrogen) atoms. The number of hydrogen-bond donors (Lipinski definition) is 3. The smallest absolute Gasteiger partial charge is 0.0484 e. The topological polar surface area (TPSA) is 38.0 Å². The van der Waals surface area contributed by atoms with Crippen molar-refractivity contribution in [1.82, 2.24) is 0 Å². The fraction of sp³-hybridized carbons (Fsp3) is 0.133. The molecule has 0 aromatic heterocycles. The van der Waals surface area contributed by atoms with Crippen LogP contribution in [0.4, 0.5) is 17.1 Å². The highest BCUT2D eigenvalue weighted by Gasteiger charge is 2.18. The first-order valence-corrected chi connectivity index (χ1v) is 11.9. The molecule has 164 valence electrons. The number of hydrogen-bond acceptors (Lipinski definition) is 3. The van der Waals surface area contributed by atoms with Gasteiger partial charge in [-0.25, -0.2) is 0 Å². The van der Waals surface area contributed by atoms with Crippen molar-refractivity contribution < 1.29 is 0 Å². The summed E-state index contributed by atoms with van der Waals surface area (Å²) in [6.07, 6.45) is 13.3. The van der Waals surface area contributed by atoms with E-state index in [1.807, 2.05) is 18.2 Å². The van der Waals surface area contributed by atoms with Crippen molar-refractivity contribution in [3.8, 4) is 11.1 Å². The number of thiol groups is 1. The first-order chi connectivity index (χ1) is 16.2. The molecule has 2 aliphatic carbocycles. The van der Waals surface area contributed by atoms with Crippen LogP contribution in [0.15, 0.2) is 113 Å². The maximum absolute atomic E-state index is 6.10. The minimum atomic E-state index is 0.741. The number of nitrogen functional groups attached to an aromatic ring is 1. The van der Waals surface area contributed by atoms with E-state index in [1.54, 1.807) is 0 Å². The molecule has 2 nitrogen and oxygen atoms in total. The van der Waals surface area contributed by atoms with Crippen LogP contribution < -0.4 is 11.1 Å². The normalized spacial score (nSPS) is 15.8. The quantitative estimate of drug-likeness (QED) is 0.271. The van der Waals surface area contributed by atoms with Crippen molar-refractivity contribution >= 4 is 35.3 Å². The lowest BCUT2D eigenvalue weighted by Gasteiger charge is -2.22. The molecule has 0 spiro atoms. The Morgan fingerprint density at radius 1 is 0.818 bits per heavy atom. The molecule has 0 radical (unpaired) electrons. The van der Waals surface area contributed by atoms with E-state index in [4.69, 9.17) is 18.4 Å². The Hall–Kier alpha value is -3.43. The lowest BCUT2D eigenvalue weighted by atomic mass is 9.87. The lowest BCUT2D eigenvalue weighted by Crippen LogP contribution is -2.02. The van der Waals surface area contributed by atoms with Crippen molar-refractivity contribution in [1.29, 1.82) is 0 Å². The van der Waals surface area contributed by atoms with Crippen LogP contribution in [0.2, 0.25) is 0 Å². The van der Waals surface area contributed by atoms with Crippen molar-refractivity contribution in [2.24, 2.45) is 0 Å². The monoisotopic (exact) mass is 448 g/mol. The zero-order valence-electron chi connectivity index (χ0n) is 18.6. The molecule has 3 heteroatoms. The summed E-state index contributed by atoms with van der Waals surface area (Å²) in [4.78, 5) is 1.12. The van der Waals surface area contributed by atoms with Crippen LogP contribution in [0.3, 0.4) is 0 Å². The van der Waals surface area contributed by atoms with E-state index in [9.17, 15) is 0 Å². The average molecular weight is 449 g/mol. The predicted octanol–water partition coefficient (Wildman–Crippen LogP) is 8.32. The van der Waals surface area contributed by atoms with Crippen LogP contribution >= 0.6 is 12.6 Å². The summed E-state index contributed by atoms with van der Waals surface area (Å²) < 4.78 is 0. The second kappa shape index (κ2) is 9.60. The van der Waals surface area contributed by atoms with E-state index in [1.165, 1.54) is 22.3 Å². The third kappa shape index (κ3) is 4.69. The average Bonchev–Trinajstić information content (AvgIpc) is 2.86. The summed E-state index contributed by atoms with van der Waals surface area (Å²) >= 11 is 4.96. The van der Waals surface area contributed by atoms with E-state index in [0.717, 1.165) is 58.8 Å². The molecule has 2 aliphatic rings. The first-order valence-electron chi connectivity index (χ1n) is 11.5. The van der Waals surface area contributed by atoms with Gasteiger partial charge in [0.25, 0.3) is 0 Å². The van der Waals surface area contributed by atoms with E-state index in [0.29, 0.717) is 0 Å². The summed E-state index contributed by atoms with van der Waals surface area (Å²) in [6, 6.07) is 25.0. The molecule has 0 unspecified atom stereocenters. The second-order valence-corrected chi connectivity index (χ2v) is 8.96. The highest BCUT2D eigenvalue weighted by atomic mass is 32.1. The van der Waals surface area contributed by atoms with E-state index < -0.39 is 0 Å². The Bertz CT molecular complexity index is 1280. The van der Waals surface area contributed by atoms with E-state index >= 15 is 0 Å². The van der Waals surface area contributed by atoms with Crippen molar-refractivity contribution in [2.75, 3.05) is 11.1 Å². The summed E-state index contributed by atoms with van der Waals surface area (Å²) in [5.41, 5.74) is 16.4. The maximum atomic E-state index is 6.10. The van der Waals surface area contributed by atoms with Crippen molar-refractivity contribution in [2.45, 2.75) is 25.7 Å². The molecule has 0 bridgehead atoms. The molecule has 3 aromatic rings. The van der Waals surface area contributed by atoms with Gasteiger partial charge in [0.1, 0.15) is 0 Å². The van der Waals surface area contributed by atoms with Crippen LogP contribution in [0.25, 0.3) is 16.7 Å². The molecular formula is C30H28N2S. The zero-order chi connectivity index (χ0) is 22.6. The molecule has 0 saturated carbocycles. The molecule has 0 fully saturated rings. The minimum Gasteiger partial charge on any atom is -0.399 e. The Kier molecular flexibility index (Phi) is 6.23. The molecule has 0 heterocycles. The van der Waals surface area contributed by atoms with Crippen molar-refractivity contribution in [3.05, 3.63) is 119 Å². The van der Waals surface area contributed by atoms with Gasteiger partial charge in [0, 0.05) is 27.5 Å². The van der Waals surface area contributed by atoms with Crippen molar-refractivity contribution in [3.63, 3.8) is 0 Å². The van der Waals surface area contributed by atoms with Gasteiger partial charge in [-0.2, -0.15) is 0 Å². The van der Waals surface area contributed by atoms with Gasteiger partial charge >= 0.3 is 0 Å². The molecule has 3 aromatic carbocycles. The van der Waals surface area contributed by atoms with Crippen LogP contribution in [-0.2, 0) is 0 Å². The minimum absolute atomic E-state index is 0.741. The van der Waals surface area contributed by atoms with E-state index in [-0.39, 0.29) is 0 Å². The van der Waals surface area contributed by atoms with Crippen LogP contribution in [0, 0.1) is 0 Å². The second-order valence-electron chi connectivity index (χ2n) is 8.52. The molecule has 0 saturated heterocycles. The van der Waals surface area contributed by atoms with Gasteiger partial charge in [0.15, 0.2) is 0 Å². The van der Waals surface area contributed by atoms with Gasteiger partial charge in [-0.3, -0.25) is 0 Å². The number of benzene rings is 3. The predicted molar refractivity (Wildman–Crippen MR) is 146 cm³/mol. The Morgan fingerprint density at radius 2 is 1.64 bits per heavy atom. The highest BCUT2D eigenvalue weighted by molar-refractivity contribution is 7.85. The molecule has 3 N–H and O–H groups in total. The first kappa shape index (κ1) is 21.4. The highest BCUT2D eigenvalue weighted by Crippen LogP contribution is 2.40. The summed E-state index contributed by atoms with van der Waals surface area (Å²) in [5, 5.41) is 3.57. The van der Waals surface area contributed by atoms with Gasteiger partial charge in [-0.1, -0.05) is 72.8 Å². The molecule has 5 rings (SSSR count). The van der Waals surface area contributed by atoms with Gasteiger partial charge in [-0.15, -0.1) is 12.6 Å². The zero-order valence-corrected chi connectivity index (χ0v) is 19.5. The Balaban J connectivity index is 1.41. The lowest BCUT2D eigenvalue weighted by molar-refractivity contribution is 0.898. The number of rotatable bonds is 5. The van der Waals surface area contributed by atoms with Gasteiger partial charge < -0.3 is 11.1 Å². The number of nitrogens with two attached hydrogens (primary N) is 1. The van der Waals surface area contributed by atoms with Gasteiger partial charge in [-0.05, 0) is 77.8 Å². The third-order valence-electron chi connectivity index (χ3n) is 6.29.